The molecule has 116 valence electrons. The molecule has 0 spiro atoms. The van der Waals surface area contributed by atoms with Crippen LogP contribution in [0.4, 0.5) is 4.39 Å². The van der Waals surface area contributed by atoms with Gasteiger partial charge in [0.15, 0.2) is 0 Å². The van der Waals surface area contributed by atoms with E-state index in [9.17, 15) is 9.18 Å². The van der Waals surface area contributed by atoms with Crippen molar-refractivity contribution >= 4 is 11.7 Å². The Hall–Kier alpha value is -1.71. The summed E-state index contributed by atoms with van der Waals surface area (Å²) in [5, 5.41) is 7.99. The molecule has 0 aliphatic heterocycles. The fraction of sp³-hybridized carbons (Fsp3) is 0.529. The van der Waals surface area contributed by atoms with Crippen molar-refractivity contribution in [2.24, 2.45) is 5.92 Å². The van der Waals surface area contributed by atoms with Crippen LogP contribution in [0.3, 0.4) is 0 Å². The second kappa shape index (κ2) is 7.34. The van der Waals surface area contributed by atoms with E-state index < -0.39 is 11.6 Å². The Bertz CT molecular complexity index is 506. The van der Waals surface area contributed by atoms with E-state index in [1.165, 1.54) is 12.1 Å². The number of carbonyl (C=O) groups is 1. The van der Waals surface area contributed by atoms with Gasteiger partial charge in [0.1, 0.15) is 17.1 Å². The number of halogens is 1. The van der Waals surface area contributed by atoms with Gasteiger partial charge in [-0.3, -0.25) is 5.41 Å². The van der Waals surface area contributed by atoms with Crippen LogP contribution in [0.15, 0.2) is 24.3 Å². The van der Waals surface area contributed by atoms with E-state index in [0.717, 1.165) is 5.56 Å². The lowest BCUT2D eigenvalue weighted by Gasteiger charge is -2.22. The zero-order valence-electron chi connectivity index (χ0n) is 13.2. The number of esters is 1. The van der Waals surface area contributed by atoms with Gasteiger partial charge in [-0.1, -0.05) is 19.1 Å². The molecule has 4 heteroatoms. The topological polar surface area (TPSA) is 50.2 Å². The molecule has 1 rings (SSSR count). The minimum Gasteiger partial charge on any atom is -0.455 e. The van der Waals surface area contributed by atoms with Crippen molar-refractivity contribution in [3.63, 3.8) is 0 Å². The van der Waals surface area contributed by atoms with Crippen molar-refractivity contribution in [3.8, 4) is 0 Å². The van der Waals surface area contributed by atoms with Crippen molar-refractivity contribution in [2.75, 3.05) is 0 Å². The quantitative estimate of drug-likeness (QED) is 0.633. The van der Waals surface area contributed by atoms with E-state index in [2.05, 4.69) is 0 Å². The fourth-order valence-electron chi connectivity index (χ4n) is 2.09. The SMILES string of the molecule is CC[C@@H](CCc1cccc(F)c1)C(=N)C(=O)OC(C)(C)C. The van der Waals surface area contributed by atoms with Gasteiger partial charge in [0.05, 0.1) is 0 Å². The summed E-state index contributed by atoms with van der Waals surface area (Å²) in [6.45, 7) is 7.29. The van der Waals surface area contributed by atoms with Crippen molar-refractivity contribution in [2.45, 2.75) is 52.6 Å². The van der Waals surface area contributed by atoms with Crippen molar-refractivity contribution in [1.29, 1.82) is 5.41 Å². The van der Waals surface area contributed by atoms with Gasteiger partial charge in [-0.25, -0.2) is 9.18 Å². The zero-order valence-corrected chi connectivity index (χ0v) is 13.2. The molecule has 0 fully saturated rings. The smallest absolute Gasteiger partial charge is 0.352 e. The van der Waals surface area contributed by atoms with E-state index in [4.69, 9.17) is 10.1 Å². The Kier molecular flexibility index (Phi) is 6.06. The van der Waals surface area contributed by atoms with Crippen LogP contribution < -0.4 is 0 Å². The molecule has 1 N–H and O–H groups in total. The van der Waals surface area contributed by atoms with E-state index in [0.29, 0.717) is 19.3 Å². The standard InChI is InChI=1S/C17H24FNO2/c1-5-13(15(19)16(20)21-17(2,3)4)10-9-12-7-6-8-14(18)11-12/h6-8,11,13,19H,5,9-10H2,1-4H3/t13-/m0/s1. The van der Waals surface area contributed by atoms with Crippen LogP contribution >= 0.6 is 0 Å². The first-order chi connectivity index (χ1) is 9.73. The zero-order chi connectivity index (χ0) is 16.0. The number of benzene rings is 1. The molecule has 1 atom stereocenters. The Morgan fingerprint density at radius 2 is 2.05 bits per heavy atom. The Morgan fingerprint density at radius 1 is 1.38 bits per heavy atom. The number of rotatable bonds is 6. The Morgan fingerprint density at radius 3 is 2.57 bits per heavy atom. The number of hydrogen-bond donors (Lipinski definition) is 1. The molecule has 0 bridgehead atoms. The molecule has 0 radical (unpaired) electrons. The number of nitrogens with one attached hydrogen (secondary N) is 1. The van der Waals surface area contributed by atoms with Crippen LogP contribution in [0, 0.1) is 17.1 Å². The highest BCUT2D eigenvalue weighted by atomic mass is 19.1. The molecule has 0 unspecified atom stereocenters. The summed E-state index contributed by atoms with van der Waals surface area (Å²) in [5.41, 5.74) is 0.291. The maximum Gasteiger partial charge on any atom is 0.352 e. The monoisotopic (exact) mass is 293 g/mol. The molecule has 0 heterocycles. The highest BCUT2D eigenvalue weighted by Gasteiger charge is 2.25. The maximum atomic E-state index is 13.1. The predicted octanol–water partition coefficient (Wildman–Crippen LogP) is 4.15. The number of aryl methyl sites for hydroxylation is 1. The predicted molar refractivity (Wildman–Crippen MR) is 82.1 cm³/mol. The molecule has 0 aliphatic rings. The van der Waals surface area contributed by atoms with E-state index in [1.807, 2.05) is 13.0 Å². The first-order valence-corrected chi connectivity index (χ1v) is 7.29. The van der Waals surface area contributed by atoms with Crippen molar-refractivity contribution in [1.82, 2.24) is 0 Å². The molecular formula is C17H24FNO2. The van der Waals surface area contributed by atoms with E-state index in [-0.39, 0.29) is 17.4 Å². The largest absolute Gasteiger partial charge is 0.455 e. The Balaban J connectivity index is 2.62. The fourth-order valence-corrected chi connectivity index (χ4v) is 2.09. The third-order valence-electron chi connectivity index (χ3n) is 3.19. The lowest BCUT2D eigenvalue weighted by Crippen LogP contribution is -2.32. The summed E-state index contributed by atoms with van der Waals surface area (Å²) in [6, 6.07) is 6.42. The van der Waals surface area contributed by atoms with Gasteiger partial charge >= 0.3 is 5.97 Å². The minimum absolute atomic E-state index is 0.00354. The van der Waals surface area contributed by atoms with Gasteiger partial charge in [0.2, 0.25) is 0 Å². The van der Waals surface area contributed by atoms with Crippen LogP contribution in [0.2, 0.25) is 0 Å². The van der Waals surface area contributed by atoms with Gasteiger partial charge in [-0.15, -0.1) is 0 Å². The van der Waals surface area contributed by atoms with Crippen LogP contribution in [-0.2, 0) is 16.0 Å². The van der Waals surface area contributed by atoms with Gasteiger partial charge in [0, 0.05) is 5.92 Å². The van der Waals surface area contributed by atoms with E-state index in [1.54, 1.807) is 26.8 Å². The maximum absolute atomic E-state index is 13.1. The third kappa shape index (κ3) is 6.06. The summed E-state index contributed by atoms with van der Waals surface area (Å²) >= 11 is 0. The summed E-state index contributed by atoms with van der Waals surface area (Å²) in [5.74, 6) is -0.987. The molecule has 0 amide bonds. The third-order valence-corrected chi connectivity index (χ3v) is 3.19. The molecule has 1 aromatic carbocycles. The normalized spacial score (nSPS) is 12.8. The van der Waals surface area contributed by atoms with Crippen LogP contribution in [0.25, 0.3) is 0 Å². The lowest BCUT2D eigenvalue weighted by molar-refractivity contribution is -0.146. The van der Waals surface area contributed by atoms with Gasteiger partial charge < -0.3 is 4.74 Å². The van der Waals surface area contributed by atoms with Gasteiger partial charge in [0.25, 0.3) is 0 Å². The highest BCUT2D eigenvalue weighted by Crippen LogP contribution is 2.18. The van der Waals surface area contributed by atoms with Crippen LogP contribution in [0.1, 0.15) is 46.1 Å². The second-order valence-electron chi connectivity index (χ2n) is 6.19. The lowest BCUT2D eigenvalue weighted by atomic mass is 9.92. The summed E-state index contributed by atoms with van der Waals surface area (Å²) in [6.07, 6.45) is 1.97. The van der Waals surface area contributed by atoms with Crippen LogP contribution in [0.5, 0.6) is 0 Å². The van der Waals surface area contributed by atoms with Gasteiger partial charge in [-0.05, 0) is 57.7 Å². The van der Waals surface area contributed by atoms with E-state index >= 15 is 0 Å². The van der Waals surface area contributed by atoms with Gasteiger partial charge in [-0.2, -0.15) is 0 Å². The number of carbonyl (C=O) groups excluding carboxylic acids is 1. The average Bonchev–Trinajstić information content (AvgIpc) is 2.37. The molecule has 1 aromatic rings. The molecule has 0 saturated carbocycles. The molecule has 0 aromatic heterocycles. The second-order valence-corrected chi connectivity index (χ2v) is 6.19. The molecule has 0 aliphatic carbocycles. The summed E-state index contributed by atoms with van der Waals surface area (Å²) in [7, 11) is 0. The summed E-state index contributed by atoms with van der Waals surface area (Å²) in [4.78, 5) is 11.9. The highest BCUT2D eigenvalue weighted by molar-refractivity contribution is 6.35. The average molecular weight is 293 g/mol. The molecule has 3 nitrogen and oxygen atoms in total. The number of hydrogen-bond acceptors (Lipinski definition) is 3. The first kappa shape index (κ1) is 17.3. The molecule has 21 heavy (non-hydrogen) atoms. The first-order valence-electron chi connectivity index (χ1n) is 7.29. The minimum atomic E-state index is -0.593. The molecule has 0 saturated heterocycles. The molecular weight excluding hydrogens is 269 g/mol. The number of ether oxygens (including phenoxy) is 1. The van der Waals surface area contributed by atoms with Crippen LogP contribution in [-0.4, -0.2) is 17.3 Å². The summed E-state index contributed by atoms with van der Waals surface area (Å²) < 4.78 is 18.4. The van der Waals surface area contributed by atoms with Crippen molar-refractivity contribution in [3.05, 3.63) is 35.6 Å². The van der Waals surface area contributed by atoms with Crippen molar-refractivity contribution < 1.29 is 13.9 Å². The Labute approximate surface area is 126 Å².